The molecule has 126 valence electrons. The number of nitrogens with two attached hydrogens (primary N) is 1. The van der Waals surface area contributed by atoms with Crippen molar-refractivity contribution in [3.05, 3.63) is 35.6 Å². The monoisotopic (exact) mass is 320 g/mol. The van der Waals surface area contributed by atoms with E-state index >= 15 is 0 Å². The number of ketones is 1. The number of amides is 1. The highest BCUT2D eigenvalue weighted by molar-refractivity contribution is 5.98. The number of carbonyl (C=O) groups is 2. The van der Waals surface area contributed by atoms with Crippen LogP contribution in [0, 0.1) is 17.2 Å². The Labute approximate surface area is 136 Å². The fourth-order valence-electron chi connectivity index (χ4n) is 2.81. The van der Waals surface area contributed by atoms with Crippen molar-refractivity contribution in [1.82, 2.24) is 4.90 Å². The Morgan fingerprint density at radius 1 is 1.26 bits per heavy atom. The Balaban J connectivity index is 2.07. The lowest BCUT2D eigenvalue weighted by atomic mass is 9.85. The van der Waals surface area contributed by atoms with Crippen LogP contribution in [0.25, 0.3) is 0 Å². The molecular formula is C18H25FN2O2. The van der Waals surface area contributed by atoms with Gasteiger partial charge in [-0.3, -0.25) is 9.59 Å². The standard InChI is InChI=1S/C18H25FN2O2/c1-18(2,3)16(20)17(23)21-10-4-5-13(11-21)15(22)12-6-8-14(19)9-7-12/h6-9,13,16H,4-5,10-11,20H2,1-3H3/t13-,16+/m0/s1. The molecule has 2 N–H and O–H groups in total. The zero-order valence-corrected chi connectivity index (χ0v) is 14.0. The molecule has 1 saturated heterocycles. The smallest absolute Gasteiger partial charge is 0.240 e. The number of halogens is 1. The fourth-order valence-corrected chi connectivity index (χ4v) is 2.81. The van der Waals surface area contributed by atoms with E-state index < -0.39 is 6.04 Å². The second kappa shape index (κ2) is 6.79. The van der Waals surface area contributed by atoms with Gasteiger partial charge in [0.05, 0.1) is 6.04 Å². The number of piperidine rings is 1. The Morgan fingerprint density at radius 3 is 2.43 bits per heavy atom. The largest absolute Gasteiger partial charge is 0.341 e. The molecule has 1 aromatic carbocycles. The summed E-state index contributed by atoms with van der Waals surface area (Å²) in [6.45, 7) is 6.82. The van der Waals surface area contributed by atoms with E-state index in [0.29, 0.717) is 18.7 Å². The van der Waals surface area contributed by atoms with Crippen LogP contribution in [0.3, 0.4) is 0 Å². The molecule has 5 heteroatoms. The molecule has 0 saturated carbocycles. The third-order valence-electron chi connectivity index (χ3n) is 4.43. The van der Waals surface area contributed by atoms with Crippen LogP contribution in [-0.2, 0) is 4.79 Å². The number of nitrogens with zero attached hydrogens (tertiary/aromatic N) is 1. The summed E-state index contributed by atoms with van der Waals surface area (Å²) in [5, 5.41) is 0. The number of benzene rings is 1. The second-order valence-electron chi connectivity index (χ2n) is 7.34. The third kappa shape index (κ3) is 4.16. The summed E-state index contributed by atoms with van der Waals surface area (Å²) in [6.07, 6.45) is 1.52. The van der Waals surface area contributed by atoms with E-state index in [9.17, 15) is 14.0 Å². The van der Waals surface area contributed by atoms with Gasteiger partial charge in [0.2, 0.25) is 5.91 Å². The molecule has 0 unspecified atom stereocenters. The van der Waals surface area contributed by atoms with E-state index in [1.54, 1.807) is 4.90 Å². The summed E-state index contributed by atoms with van der Waals surface area (Å²) < 4.78 is 13.0. The van der Waals surface area contributed by atoms with Crippen LogP contribution in [0.5, 0.6) is 0 Å². The van der Waals surface area contributed by atoms with E-state index in [-0.39, 0.29) is 28.8 Å². The molecule has 1 aliphatic rings. The van der Waals surface area contributed by atoms with Crippen molar-refractivity contribution in [2.75, 3.05) is 13.1 Å². The molecule has 1 heterocycles. The molecule has 1 fully saturated rings. The van der Waals surface area contributed by atoms with Gasteiger partial charge in [0.25, 0.3) is 0 Å². The van der Waals surface area contributed by atoms with Crippen molar-refractivity contribution in [1.29, 1.82) is 0 Å². The van der Waals surface area contributed by atoms with E-state index in [1.807, 2.05) is 20.8 Å². The normalized spacial score (nSPS) is 20.2. The van der Waals surface area contributed by atoms with Gasteiger partial charge < -0.3 is 10.6 Å². The highest BCUT2D eigenvalue weighted by atomic mass is 19.1. The van der Waals surface area contributed by atoms with Crippen molar-refractivity contribution in [3.8, 4) is 0 Å². The van der Waals surface area contributed by atoms with E-state index in [0.717, 1.165) is 12.8 Å². The minimum Gasteiger partial charge on any atom is -0.341 e. The number of likely N-dealkylation sites (tertiary alicyclic amines) is 1. The molecule has 0 bridgehead atoms. The Hall–Kier alpha value is -1.75. The minimum absolute atomic E-state index is 0.0353. The topological polar surface area (TPSA) is 63.4 Å². The van der Waals surface area contributed by atoms with E-state index in [4.69, 9.17) is 5.73 Å². The maximum Gasteiger partial charge on any atom is 0.240 e. The first-order chi connectivity index (χ1) is 10.7. The van der Waals surface area contributed by atoms with Crippen LogP contribution in [0.2, 0.25) is 0 Å². The predicted octanol–water partition coefficient (Wildman–Crippen LogP) is 2.62. The van der Waals surface area contributed by atoms with E-state index in [2.05, 4.69) is 0 Å². The van der Waals surface area contributed by atoms with Gasteiger partial charge in [0.1, 0.15) is 5.82 Å². The molecule has 0 aromatic heterocycles. The molecule has 0 spiro atoms. The quantitative estimate of drug-likeness (QED) is 0.871. The SMILES string of the molecule is CC(C)(C)[C@H](N)C(=O)N1CCC[C@H](C(=O)c2ccc(F)cc2)C1. The van der Waals surface area contributed by atoms with E-state index in [1.165, 1.54) is 24.3 Å². The molecular weight excluding hydrogens is 295 g/mol. The Bertz CT molecular complexity index is 578. The van der Waals surface area contributed by atoms with Gasteiger partial charge in [-0.15, -0.1) is 0 Å². The van der Waals surface area contributed by atoms with Gasteiger partial charge in [0, 0.05) is 24.6 Å². The molecule has 0 aliphatic carbocycles. The molecule has 4 nitrogen and oxygen atoms in total. The summed E-state index contributed by atoms with van der Waals surface area (Å²) in [7, 11) is 0. The maximum atomic E-state index is 13.0. The van der Waals surface area contributed by atoms with Crippen LogP contribution >= 0.6 is 0 Å². The summed E-state index contributed by atoms with van der Waals surface area (Å²) in [6, 6.07) is 4.99. The first kappa shape index (κ1) is 17.6. The number of carbonyl (C=O) groups excluding carboxylic acids is 2. The lowest BCUT2D eigenvalue weighted by Gasteiger charge is -2.36. The maximum absolute atomic E-state index is 13.0. The van der Waals surface area contributed by atoms with Gasteiger partial charge >= 0.3 is 0 Å². The van der Waals surface area contributed by atoms with Crippen LogP contribution in [0.4, 0.5) is 4.39 Å². The number of rotatable bonds is 3. The van der Waals surface area contributed by atoms with Crippen molar-refractivity contribution in [2.45, 2.75) is 39.7 Å². The zero-order chi connectivity index (χ0) is 17.2. The third-order valence-corrected chi connectivity index (χ3v) is 4.43. The van der Waals surface area contributed by atoms with Crippen molar-refractivity contribution in [2.24, 2.45) is 17.1 Å². The fraction of sp³-hybridized carbons (Fsp3) is 0.556. The predicted molar refractivity (Wildman–Crippen MR) is 87.5 cm³/mol. The molecule has 1 amide bonds. The van der Waals surface area contributed by atoms with Gasteiger partial charge in [-0.2, -0.15) is 0 Å². The zero-order valence-electron chi connectivity index (χ0n) is 14.0. The van der Waals surface area contributed by atoms with Crippen LogP contribution in [-0.4, -0.2) is 35.7 Å². The average Bonchev–Trinajstić information content (AvgIpc) is 2.52. The number of Topliss-reactive ketones (excluding diaryl/α,β-unsaturated/α-hetero) is 1. The van der Waals surface area contributed by atoms with Gasteiger partial charge in [-0.05, 0) is 42.5 Å². The summed E-state index contributed by atoms with van der Waals surface area (Å²) >= 11 is 0. The van der Waals surface area contributed by atoms with Crippen molar-refractivity contribution < 1.29 is 14.0 Å². The highest BCUT2D eigenvalue weighted by Crippen LogP contribution is 2.25. The Kier molecular flexibility index (Phi) is 5.19. The molecule has 2 rings (SSSR count). The van der Waals surface area contributed by atoms with Crippen LogP contribution < -0.4 is 5.73 Å². The lowest BCUT2D eigenvalue weighted by Crippen LogP contribution is -2.53. The number of hydrogen-bond donors (Lipinski definition) is 1. The molecule has 23 heavy (non-hydrogen) atoms. The van der Waals surface area contributed by atoms with Crippen molar-refractivity contribution >= 4 is 11.7 Å². The van der Waals surface area contributed by atoms with Crippen molar-refractivity contribution in [3.63, 3.8) is 0 Å². The van der Waals surface area contributed by atoms with Crippen LogP contribution in [0.1, 0.15) is 44.0 Å². The Morgan fingerprint density at radius 2 is 1.87 bits per heavy atom. The van der Waals surface area contributed by atoms with Gasteiger partial charge in [-0.25, -0.2) is 4.39 Å². The summed E-state index contributed by atoms with van der Waals surface area (Å²) in [5.41, 5.74) is 6.23. The number of hydrogen-bond acceptors (Lipinski definition) is 3. The minimum atomic E-state index is -0.581. The van der Waals surface area contributed by atoms with Gasteiger partial charge in [0.15, 0.2) is 5.78 Å². The average molecular weight is 320 g/mol. The van der Waals surface area contributed by atoms with Gasteiger partial charge in [-0.1, -0.05) is 20.8 Å². The highest BCUT2D eigenvalue weighted by Gasteiger charge is 2.35. The second-order valence-corrected chi connectivity index (χ2v) is 7.34. The lowest BCUT2D eigenvalue weighted by molar-refractivity contribution is -0.136. The first-order valence-electron chi connectivity index (χ1n) is 8.04. The summed E-state index contributed by atoms with van der Waals surface area (Å²) in [4.78, 5) is 26.8. The molecule has 1 aromatic rings. The molecule has 1 aliphatic heterocycles. The molecule has 0 radical (unpaired) electrons. The molecule has 2 atom stereocenters. The first-order valence-corrected chi connectivity index (χ1v) is 8.04. The summed E-state index contributed by atoms with van der Waals surface area (Å²) in [5.74, 6) is -0.746. The van der Waals surface area contributed by atoms with Crippen LogP contribution in [0.15, 0.2) is 24.3 Å².